The van der Waals surface area contributed by atoms with Crippen molar-refractivity contribution in [3.05, 3.63) is 34.1 Å². The summed E-state index contributed by atoms with van der Waals surface area (Å²) in [5, 5.41) is 3.55. The molecule has 94 valence electrons. The molecule has 1 atom stereocenters. The van der Waals surface area contributed by atoms with E-state index in [1.807, 2.05) is 6.07 Å². The van der Waals surface area contributed by atoms with E-state index in [0.717, 1.165) is 22.5 Å². The average Bonchev–Trinajstić information content (AvgIpc) is 2.81. The number of benzene rings is 1. The van der Waals surface area contributed by atoms with E-state index in [4.69, 9.17) is 0 Å². The van der Waals surface area contributed by atoms with Gasteiger partial charge in [-0.15, -0.1) is 0 Å². The minimum Gasteiger partial charge on any atom is -0.310 e. The molecular formula is C14H19BrFN. The minimum absolute atomic E-state index is 0.190. The second-order valence-corrected chi connectivity index (χ2v) is 5.80. The highest BCUT2D eigenvalue weighted by Gasteiger charge is 2.20. The third-order valence-corrected chi connectivity index (χ3v) is 4.47. The van der Waals surface area contributed by atoms with Crippen LogP contribution in [0.15, 0.2) is 22.7 Å². The van der Waals surface area contributed by atoms with Crippen LogP contribution >= 0.6 is 15.9 Å². The molecule has 1 aromatic carbocycles. The first-order valence-electron chi connectivity index (χ1n) is 6.34. The van der Waals surface area contributed by atoms with Crippen LogP contribution in [0.4, 0.5) is 4.39 Å². The molecule has 1 nitrogen and oxygen atoms in total. The first-order chi connectivity index (χ1) is 8.16. The zero-order valence-corrected chi connectivity index (χ0v) is 11.8. The van der Waals surface area contributed by atoms with Gasteiger partial charge in [0.15, 0.2) is 0 Å². The summed E-state index contributed by atoms with van der Waals surface area (Å²) in [7, 11) is 0. The smallest absolute Gasteiger partial charge is 0.124 e. The molecule has 1 N–H and O–H groups in total. The highest BCUT2D eigenvalue weighted by molar-refractivity contribution is 9.10. The zero-order valence-electron chi connectivity index (χ0n) is 10.2. The Bertz CT molecular complexity index is 374. The molecule has 3 heteroatoms. The van der Waals surface area contributed by atoms with Crippen LogP contribution in [0.25, 0.3) is 0 Å². The fraction of sp³-hybridized carbons (Fsp3) is 0.571. The summed E-state index contributed by atoms with van der Waals surface area (Å²) >= 11 is 3.40. The molecule has 0 bridgehead atoms. The minimum atomic E-state index is -0.190. The predicted octanol–water partition coefficient (Wildman–Crippen LogP) is 4.26. The second-order valence-electron chi connectivity index (χ2n) is 4.95. The fourth-order valence-corrected chi connectivity index (χ4v) is 3.05. The normalized spacial score (nSPS) is 18.5. The van der Waals surface area contributed by atoms with E-state index in [-0.39, 0.29) is 5.82 Å². The summed E-state index contributed by atoms with van der Waals surface area (Å²) in [6.07, 6.45) is 5.44. The van der Waals surface area contributed by atoms with Gasteiger partial charge in [0.25, 0.3) is 0 Å². The zero-order chi connectivity index (χ0) is 12.3. The molecule has 1 aliphatic carbocycles. The molecule has 17 heavy (non-hydrogen) atoms. The third kappa shape index (κ3) is 3.52. The van der Waals surface area contributed by atoms with Gasteiger partial charge in [0.1, 0.15) is 5.82 Å². The molecule has 0 radical (unpaired) electrons. The van der Waals surface area contributed by atoms with Gasteiger partial charge in [-0.25, -0.2) is 4.39 Å². The molecule has 1 saturated carbocycles. The highest BCUT2D eigenvalue weighted by Crippen LogP contribution is 2.28. The molecule has 1 unspecified atom stereocenters. The van der Waals surface area contributed by atoms with Crippen molar-refractivity contribution in [2.75, 3.05) is 0 Å². The fourth-order valence-electron chi connectivity index (χ4n) is 2.56. The van der Waals surface area contributed by atoms with Crippen LogP contribution in [-0.2, 0) is 6.54 Å². The Morgan fingerprint density at radius 1 is 1.41 bits per heavy atom. The molecule has 0 heterocycles. The van der Waals surface area contributed by atoms with Gasteiger partial charge in [-0.1, -0.05) is 34.8 Å². The van der Waals surface area contributed by atoms with Crippen molar-refractivity contribution in [1.29, 1.82) is 0 Å². The van der Waals surface area contributed by atoms with Crippen LogP contribution < -0.4 is 5.32 Å². The molecule has 2 rings (SSSR count). The van der Waals surface area contributed by atoms with Gasteiger partial charge in [-0.3, -0.25) is 0 Å². The molecule has 1 aliphatic rings. The standard InChI is InChI=1S/C14H19BrFN/c1-10(11-4-2-3-5-11)17-9-12-6-7-13(16)8-14(12)15/h6-8,10-11,17H,2-5,9H2,1H3. The Morgan fingerprint density at radius 2 is 2.12 bits per heavy atom. The van der Waals surface area contributed by atoms with Crippen molar-refractivity contribution in [2.45, 2.75) is 45.2 Å². The van der Waals surface area contributed by atoms with Crippen LogP contribution in [0, 0.1) is 11.7 Å². The Morgan fingerprint density at radius 3 is 2.76 bits per heavy atom. The largest absolute Gasteiger partial charge is 0.310 e. The monoisotopic (exact) mass is 299 g/mol. The van der Waals surface area contributed by atoms with E-state index in [1.165, 1.54) is 37.8 Å². The molecular weight excluding hydrogens is 281 g/mol. The van der Waals surface area contributed by atoms with Crippen molar-refractivity contribution in [3.63, 3.8) is 0 Å². The van der Waals surface area contributed by atoms with Crippen molar-refractivity contribution >= 4 is 15.9 Å². The van der Waals surface area contributed by atoms with Gasteiger partial charge in [0.2, 0.25) is 0 Å². The van der Waals surface area contributed by atoms with Gasteiger partial charge in [-0.2, -0.15) is 0 Å². The lowest BCUT2D eigenvalue weighted by molar-refractivity contribution is 0.380. The van der Waals surface area contributed by atoms with Gasteiger partial charge < -0.3 is 5.32 Å². The van der Waals surface area contributed by atoms with Crippen LogP contribution in [0.1, 0.15) is 38.2 Å². The van der Waals surface area contributed by atoms with Gasteiger partial charge in [0, 0.05) is 17.1 Å². The summed E-state index contributed by atoms with van der Waals surface area (Å²) in [5.74, 6) is 0.624. The van der Waals surface area contributed by atoms with Gasteiger partial charge >= 0.3 is 0 Å². The highest BCUT2D eigenvalue weighted by atomic mass is 79.9. The number of hydrogen-bond donors (Lipinski definition) is 1. The molecule has 0 aliphatic heterocycles. The number of nitrogens with one attached hydrogen (secondary N) is 1. The first-order valence-corrected chi connectivity index (χ1v) is 7.13. The summed E-state index contributed by atoms with van der Waals surface area (Å²) in [6, 6.07) is 5.43. The van der Waals surface area contributed by atoms with E-state index in [2.05, 4.69) is 28.2 Å². The maximum atomic E-state index is 12.9. The van der Waals surface area contributed by atoms with Crippen LogP contribution in [-0.4, -0.2) is 6.04 Å². The molecule has 1 fully saturated rings. The van der Waals surface area contributed by atoms with Crippen molar-refractivity contribution in [1.82, 2.24) is 5.32 Å². The molecule has 0 saturated heterocycles. The quantitative estimate of drug-likeness (QED) is 0.876. The molecule has 0 aromatic heterocycles. The van der Waals surface area contributed by atoms with Crippen LogP contribution in [0.5, 0.6) is 0 Å². The van der Waals surface area contributed by atoms with E-state index in [9.17, 15) is 4.39 Å². The van der Waals surface area contributed by atoms with Crippen LogP contribution in [0.2, 0.25) is 0 Å². The number of rotatable bonds is 4. The summed E-state index contributed by atoms with van der Waals surface area (Å²) in [5.41, 5.74) is 1.12. The Kier molecular flexibility index (Phi) is 4.57. The maximum Gasteiger partial charge on any atom is 0.124 e. The average molecular weight is 300 g/mol. The second kappa shape index (κ2) is 5.96. The molecule has 0 amide bonds. The summed E-state index contributed by atoms with van der Waals surface area (Å²) < 4.78 is 13.8. The Balaban J connectivity index is 1.88. The maximum absolute atomic E-state index is 12.9. The van der Waals surface area contributed by atoms with Crippen molar-refractivity contribution in [2.24, 2.45) is 5.92 Å². The first kappa shape index (κ1) is 13.0. The van der Waals surface area contributed by atoms with E-state index >= 15 is 0 Å². The van der Waals surface area contributed by atoms with E-state index in [1.54, 1.807) is 0 Å². The molecule has 0 spiro atoms. The lowest BCUT2D eigenvalue weighted by Crippen LogP contribution is -2.31. The SMILES string of the molecule is CC(NCc1ccc(F)cc1Br)C1CCCC1. The van der Waals surface area contributed by atoms with E-state index in [0.29, 0.717) is 6.04 Å². The number of hydrogen-bond acceptors (Lipinski definition) is 1. The van der Waals surface area contributed by atoms with Crippen LogP contribution in [0.3, 0.4) is 0 Å². The van der Waals surface area contributed by atoms with Crippen molar-refractivity contribution < 1.29 is 4.39 Å². The topological polar surface area (TPSA) is 12.0 Å². The Hall–Kier alpha value is -0.410. The lowest BCUT2D eigenvalue weighted by Gasteiger charge is -2.20. The summed E-state index contributed by atoms with van der Waals surface area (Å²) in [6.45, 7) is 3.06. The summed E-state index contributed by atoms with van der Waals surface area (Å²) in [4.78, 5) is 0. The third-order valence-electron chi connectivity index (χ3n) is 3.74. The molecule has 1 aromatic rings. The van der Waals surface area contributed by atoms with Crippen molar-refractivity contribution in [3.8, 4) is 0 Å². The van der Waals surface area contributed by atoms with E-state index < -0.39 is 0 Å². The lowest BCUT2D eigenvalue weighted by atomic mass is 9.99. The van der Waals surface area contributed by atoms with Gasteiger partial charge in [0.05, 0.1) is 0 Å². The van der Waals surface area contributed by atoms with Gasteiger partial charge in [-0.05, 0) is 43.4 Å². The Labute approximate surface area is 111 Å². The predicted molar refractivity (Wildman–Crippen MR) is 72.4 cm³/mol. The number of halogens is 2.